The zero-order chi connectivity index (χ0) is 21.6. The van der Waals surface area contributed by atoms with Crippen molar-refractivity contribution >= 4 is 29.4 Å². The minimum Gasteiger partial charge on any atom is -0.454 e. The smallest absolute Gasteiger partial charge is 0.339 e. The van der Waals surface area contributed by atoms with Gasteiger partial charge in [0.2, 0.25) is 11.7 Å². The molecule has 0 atom stereocenters. The fourth-order valence-corrected chi connectivity index (χ4v) is 3.79. The number of esters is 1. The molecule has 156 valence electrons. The van der Waals surface area contributed by atoms with Crippen LogP contribution in [0.15, 0.2) is 35.2 Å². The van der Waals surface area contributed by atoms with Crippen molar-refractivity contribution in [3.63, 3.8) is 0 Å². The zero-order valence-electron chi connectivity index (χ0n) is 17.4. The molecule has 2 N–H and O–H groups in total. The van der Waals surface area contributed by atoms with Crippen LogP contribution >= 0.6 is 11.8 Å². The lowest BCUT2D eigenvalue weighted by Crippen LogP contribution is -2.16. The maximum atomic E-state index is 12.6. The lowest BCUT2D eigenvalue weighted by molar-refractivity contribution is -0.115. The van der Waals surface area contributed by atoms with Crippen LogP contribution in [0.25, 0.3) is 0 Å². The molecule has 6 nitrogen and oxygen atoms in total. The van der Waals surface area contributed by atoms with Crippen LogP contribution in [0, 0.1) is 19.8 Å². The van der Waals surface area contributed by atoms with Crippen molar-refractivity contribution in [3.8, 4) is 0 Å². The van der Waals surface area contributed by atoms with Crippen LogP contribution in [0.5, 0.6) is 0 Å². The number of amides is 1. The van der Waals surface area contributed by atoms with Gasteiger partial charge in [0.1, 0.15) is 0 Å². The van der Waals surface area contributed by atoms with Crippen LogP contribution in [-0.4, -0.2) is 34.6 Å². The summed E-state index contributed by atoms with van der Waals surface area (Å²) in [4.78, 5) is 36.7. The molecular weight excluding hydrogens is 388 g/mol. The highest BCUT2D eigenvalue weighted by molar-refractivity contribution is 8.00. The van der Waals surface area contributed by atoms with Crippen molar-refractivity contribution in [3.05, 3.63) is 52.8 Å². The first-order chi connectivity index (χ1) is 13.7. The molecule has 0 unspecified atom stereocenters. The second-order valence-corrected chi connectivity index (χ2v) is 8.39. The molecule has 2 rings (SSSR count). The highest BCUT2D eigenvalue weighted by atomic mass is 32.2. The minimum absolute atomic E-state index is 0.0611. The molecule has 0 aliphatic heterocycles. The lowest BCUT2D eigenvalue weighted by Gasteiger charge is -2.11. The van der Waals surface area contributed by atoms with E-state index in [2.05, 4.69) is 18.4 Å². The third kappa shape index (κ3) is 6.22. The highest BCUT2D eigenvalue weighted by Gasteiger charge is 2.19. The molecule has 1 aromatic carbocycles. The van der Waals surface area contributed by atoms with E-state index in [0.29, 0.717) is 21.9 Å². The summed E-state index contributed by atoms with van der Waals surface area (Å²) in [5, 5.41) is 0. The first-order valence-corrected chi connectivity index (χ1v) is 10.6. The van der Waals surface area contributed by atoms with Crippen LogP contribution in [0.1, 0.15) is 52.4 Å². The van der Waals surface area contributed by atoms with Gasteiger partial charge < -0.3 is 15.0 Å². The number of thioether (sulfide) groups is 1. The lowest BCUT2D eigenvalue weighted by atomic mass is 10.1. The Morgan fingerprint density at radius 1 is 1.14 bits per heavy atom. The summed E-state index contributed by atoms with van der Waals surface area (Å²) in [6.45, 7) is 8.74. The van der Waals surface area contributed by atoms with Crippen molar-refractivity contribution in [1.29, 1.82) is 0 Å². The normalized spacial score (nSPS) is 10.9. The van der Waals surface area contributed by atoms with Gasteiger partial charge in [-0.05, 0) is 44.4 Å². The standard InChI is InChI=1S/C22H28N2O4S/c1-14(2)9-10-24-15(3)11-18(16(24)4)19(25)12-28-22(27)17-7-5-6-8-20(17)29-13-21(23)26/h5-8,11,14H,9-10,12-13H2,1-4H3,(H2,23,26). The summed E-state index contributed by atoms with van der Waals surface area (Å²) < 4.78 is 7.40. The van der Waals surface area contributed by atoms with Crippen molar-refractivity contribution in [2.24, 2.45) is 11.7 Å². The molecule has 0 spiro atoms. The Hall–Kier alpha value is -2.54. The monoisotopic (exact) mass is 416 g/mol. The van der Waals surface area contributed by atoms with E-state index in [9.17, 15) is 14.4 Å². The van der Waals surface area contributed by atoms with E-state index in [1.54, 1.807) is 24.3 Å². The summed E-state index contributed by atoms with van der Waals surface area (Å²) in [5.74, 6) is -0.667. The van der Waals surface area contributed by atoms with Gasteiger partial charge >= 0.3 is 5.97 Å². The maximum absolute atomic E-state index is 12.6. The number of rotatable bonds is 10. The Labute approximate surface area is 175 Å². The molecule has 0 radical (unpaired) electrons. The molecule has 1 heterocycles. The summed E-state index contributed by atoms with van der Waals surface area (Å²) in [5.41, 5.74) is 7.98. The molecule has 29 heavy (non-hydrogen) atoms. The molecule has 0 bridgehead atoms. The average Bonchev–Trinajstić information content (AvgIpc) is 2.96. The number of hydrogen-bond acceptors (Lipinski definition) is 5. The number of Topliss-reactive ketones (excluding diaryl/α,β-unsaturated/α-hetero) is 1. The number of nitrogens with zero attached hydrogens (tertiary/aromatic N) is 1. The number of ether oxygens (including phenoxy) is 1. The van der Waals surface area contributed by atoms with Gasteiger partial charge in [0, 0.05) is 28.4 Å². The molecule has 0 saturated heterocycles. The van der Waals surface area contributed by atoms with Crippen molar-refractivity contribution in [2.75, 3.05) is 12.4 Å². The summed E-state index contributed by atoms with van der Waals surface area (Å²) >= 11 is 1.17. The molecule has 2 aromatic rings. The summed E-state index contributed by atoms with van der Waals surface area (Å²) in [6, 6.07) is 8.64. The second-order valence-electron chi connectivity index (χ2n) is 7.37. The van der Waals surface area contributed by atoms with Crippen molar-refractivity contribution < 1.29 is 19.1 Å². The Morgan fingerprint density at radius 3 is 2.48 bits per heavy atom. The minimum atomic E-state index is -0.598. The predicted molar refractivity (Wildman–Crippen MR) is 114 cm³/mol. The van der Waals surface area contributed by atoms with Gasteiger partial charge in [-0.25, -0.2) is 4.79 Å². The number of aromatic nitrogens is 1. The van der Waals surface area contributed by atoms with E-state index >= 15 is 0 Å². The number of carbonyl (C=O) groups is 3. The largest absolute Gasteiger partial charge is 0.454 e. The fourth-order valence-electron chi connectivity index (χ4n) is 3.01. The predicted octanol–water partition coefficient (Wildman–Crippen LogP) is 3.77. The van der Waals surface area contributed by atoms with Gasteiger partial charge in [-0.2, -0.15) is 0 Å². The van der Waals surface area contributed by atoms with E-state index in [1.165, 1.54) is 11.8 Å². The van der Waals surface area contributed by atoms with Gasteiger partial charge in [-0.3, -0.25) is 9.59 Å². The van der Waals surface area contributed by atoms with Gasteiger partial charge in [0.25, 0.3) is 0 Å². The number of nitrogens with two attached hydrogens (primary N) is 1. The van der Waals surface area contributed by atoms with Gasteiger partial charge in [-0.15, -0.1) is 11.8 Å². The van der Waals surface area contributed by atoms with E-state index in [1.807, 2.05) is 19.9 Å². The van der Waals surface area contributed by atoms with Crippen molar-refractivity contribution in [1.82, 2.24) is 4.57 Å². The molecule has 0 aliphatic carbocycles. The second kappa shape index (κ2) is 10.3. The van der Waals surface area contributed by atoms with Crippen LogP contribution in [0.3, 0.4) is 0 Å². The quantitative estimate of drug-likeness (QED) is 0.362. The van der Waals surface area contributed by atoms with Gasteiger partial charge in [-0.1, -0.05) is 26.0 Å². The summed E-state index contributed by atoms with van der Waals surface area (Å²) in [6.07, 6.45) is 1.03. The number of hydrogen-bond donors (Lipinski definition) is 1. The molecule has 7 heteroatoms. The van der Waals surface area contributed by atoms with E-state index in [-0.39, 0.29) is 18.1 Å². The third-order valence-electron chi connectivity index (χ3n) is 4.62. The van der Waals surface area contributed by atoms with Gasteiger partial charge in [0.15, 0.2) is 6.61 Å². The SMILES string of the molecule is Cc1cc(C(=O)COC(=O)c2ccccc2SCC(N)=O)c(C)n1CCC(C)C. The van der Waals surface area contributed by atoms with Crippen LogP contribution in [0.2, 0.25) is 0 Å². The topological polar surface area (TPSA) is 91.4 Å². The number of aryl methyl sites for hydroxylation is 1. The third-order valence-corrected chi connectivity index (χ3v) is 5.71. The molecule has 0 saturated carbocycles. The van der Waals surface area contributed by atoms with E-state index < -0.39 is 11.9 Å². The Balaban J connectivity index is 2.05. The number of ketones is 1. The first kappa shape index (κ1) is 22.7. The Morgan fingerprint density at radius 2 is 1.83 bits per heavy atom. The molecular formula is C22H28N2O4S. The molecule has 0 aliphatic rings. The van der Waals surface area contributed by atoms with Crippen LogP contribution in [0.4, 0.5) is 0 Å². The molecule has 1 amide bonds. The molecule has 0 fully saturated rings. The molecule has 1 aromatic heterocycles. The first-order valence-electron chi connectivity index (χ1n) is 9.57. The van der Waals surface area contributed by atoms with Crippen LogP contribution in [-0.2, 0) is 16.1 Å². The number of benzene rings is 1. The highest BCUT2D eigenvalue weighted by Crippen LogP contribution is 2.23. The average molecular weight is 417 g/mol. The zero-order valence-corrected chi connectivity index (χ0v) is 18.2. The van der Waals surface area contributed by atoms with Gasteiger partial charge in [0.05, 0.1) is 11.3 Å². The number of primary amides is 1. The van der Waals surface area contributed by atoms with E-state index in [0.717, 1.165) is 24.4 Å². The van der Waals surface area contributed by atoms with E-state index in [4.69, 9.17) is 10.5 Å². The Bertz CT molecular complexity index is 902. The summed E-state index contributed by atoms with van der Waals surface area (Å²) in [7, 11) is 0. The Kier molecular flexibility index (Phi) is 8.08. The number of carbonyl (C=O) groups excluding carboxylic acids is 3. The van der Waals surface area contributed by atoms with Crippen LogP contribution < -0.4 is 5.73 Å². The van der Waals surface area contributed by atoms with Crippen molar-refractivity contribution in [2.45, 2.75) is 45.6 Å². The maximum Gasteiger partial charge on any atom is 0.339 e. The fraction of sp³-hybridized carbons (Fsp3) is 0.409.